The van der Waals surface area contributed by atoms with E-state index in [1.54, 1.807) is 6.07 Å². The van der Waals surface area contributed by atoms with Crippen LogP contribution in [0.3, 0.4) is 0 Å². The molecule has 1 heterocycles. The number of fused-ring (bicyclic) bond motifs is 2. The molecule has 3 heteroatoms. The fourth-order valence-corrected chi connectivity index (χ4v) is 4.96. The van der Waals surface area contributed by atoms with Crippen LogP contribution in [0.2, 0.25) is 0 Å². The van der Waals surface area contributed by atoms with Crippen LogP contribution in [0.1, 0.15) is 24.0 Å². The summed E-state index contributed by atoms with van der Waals surface area (Å²) in [7, 11) is 1.84. The van der Waals surface area contributed by atoms with E-state index >= 15 is 0 Å². The van der Waals surface area contributed by atoms with Gasteiger partial charge in [-0.1, -0.05) is 42.5 Å². The summed E-state index contributed by atoms with van der Waals surface area (Å²) >= 11 is 0. The van der Waals surface area contributed by atoms with E-state index in [4.69, 9.17) is 4.74 Å². The molecule has 2 aliphatic rings. The first-order valence-corrected chi connectivity index (χ1v) is 8.83. The summed E-state index contributed by atoms with van der Waals surface area (Å²) in [5.41, 5.74) is 2.27. The molecule has 2 aromatic rings. The lowest BCUT2D eigenvalue weighted by Gasteiger charge is -2.47. The molecule has 2 fully saturated rings. The molecule has 126 valence electrons. The van der Waals surface area contributed by atoms with E-state index < -0.39 is 0 Å². The molecule has 0 aromatic heterocycles. The lowest BCUT2D eigenvalue weighted by Crippen LogP contribution is -2.52. The lowest BCUT2D eigenvalue weighted by molar-refractivity contribution is -0.120. The molecule has 4 rings (SSSR count). The average molecular weight is 323 g/mol. The number of phenolic OH excluding ortho intramolecular Hbond substituents is 1. The molecular weight excluding hydrogens is 298 g/mol. The van der Waals surface area contributed by atoms with Crippen molar-refractivity contribution in [3.05, 3.63) is 65.7 Å². The van der Waals surface area contributed by atoms with Gasteiger partial charge in [0.1, 0.15) is 11.4 Å². The predicted octanol–water partition coefficient (Wildman–Crippen LogP) is 3.78. The van der Waals surface area contributed by atoms with Crippen LogP contribution in [0.25, 0.3) is 0 Å². The van der Waals surface area contributed by atoms with Gasteiger partial charge in [-0.15, -0.1) is 0 Å². The van der Waals surface area contributed by atoms with E-state index in [9.17, 15) is 5.11 Å². The summed E-state index contributed by atoms with van der Waals surface area (Å²) in [5.74, 6) is 1.29. The van der Waals surface area contributed by atoms with Gasteiger partial charge in [-0.2, -0.15) is 0 Å². The number of methoxy groups -OCH3 is 1. The molecule has 0 spiro atoms. The van der Waals surface area contributed by atoms with E-state index in [1.807, 2.05) is 19.2 Å². The van der Waals surface area contributed by atoms with Crippen molar-refractivity contribution in [3.8, 4) is 5.75 Å². The minimum atomic E-state index is -0.244. The third-order valence-corrected chi connectivity index (χ3v) is 5.92. The third-order valence-electron chi connectivity index (χ3n) is 5.92. The fraction of sp³-hybridized carbons (Fsp3) is 0.429. The van der Waals surface area contributed by atoms with E-state index in [2.05, 4.69) is 41.3 Å². The molecule has 1 saturated carbocycles. The van der Waals surface area contributed by atoms with Crippen LogP contribution in [0.15, 0.2) is 54.6 Å². The highest BCUT2D eigenvalue weighted by molar-refractivity contribution is 5.34. The average Bonchev–Trinajstić information content (AvgIpc) is 2.80. The van der Waals surface area contributed by atoms with Crippen LogP contribution in [0.5, 0.6) is 5.75 Å². The van der Waals surface area contributed by atoms with Crippen LogP contribution in [-0.2, 0) is 16.9 Å². The van der Waals surface area contributed by atoms with Crippen molar-refractivity contribution in [2.75, 3.05) is 20.2 Å². The Morgan fingerprint density at radius 2 is 1.75 bits per heavy atom. The Balaban J connectivity index is 1.60. The third kappa shape index (κ3) is 2.52. The molecule has 24 heavy (non-hydrogen) atoms. The number of ether oxygens (including phenoxy) is 1. The highest BCUT2D eigenvalue weighted by atomic mass is 16.5. The maximum atomic E-state index is 9.93. The van der Waals surface area contributed by atoms with Gasteiger partial charge in [0.2, 0.25) is 0 Å². The molecule has 0 amide bonds. The fourth-order valence-electron chi connectivity index (χ4n) is 4.96. The maximum Gasteiger partial charge on any atom is 0.115 e. The summed E-state index contributed by atoms with van der Waals surface area (Å²) in [6, 6.07) is 18.4. The lowest BCUT2D eigenvalue weighted by atomic mass is 9.74. The Labute approximate surface area is 143 Å². The number of hydrogen-bond donors (Lipinski definition) is 1. The number of nitrogens with zero attached hydrogens (tertiary/aromatic N) is 1. The van der Waals surface area contributed by atoms with Crippen LogP contribution in [0, 0.1) is 11.8 Å². The van der Waals surface area contributed by atoms with Gasteiger partial charge in [0.05, 0.1) is 0 Å². The molecule has 1 aliphatic carbocycles. The first-order chi connectivity index (χ1) is 11.7. The van der Waals surface area contributed by atoms with Gasteiger partial charge < -0.3 is 9.84 Å². The Morgan fingerprint density at radius 3 is 2.38 bits per heavy atom. The molecule has 0 radical (unpaired) electrons. The van der Waals surface area contributed by atoms with E-state index in [0.717, 1.165) is 25.2 Å². The number of aromatic hydroxyl groups is 1. The first kappa shape index (κ1) is 15.7. The second-order valence-electron chi connectivity index (χ2n) is 7.20. The van der Waals surface area contributed by atoms with Crippen molar-refractivity contribution < 1.29 is 9.84 Å². The molecule has 2 aromatic carbocycles. The summed E-state index contributed by atoms with van der Waals surface area (Å²) in [4.78, 5) is 2.57. The smallest absolute Gasteiger partial charge is 0.115 e. The van der Waals surface area contributed by atoms with Crippen LogP contribution < -0.4 is 0 Å². The Bertz CT molecular complexity index is 686. The summed E-state index contributed by atoms with van der Waals surface area (Å²) < 4.78 is 6.17. The van der Waals surface area contributed by atoms with Gasteiger partial charge in [-0.05, 0) is 36.1 Å². The van der Waals surface area contributed by atoms with Crippen LogP contribution >= 0.6 is 0 Å². The predicted molar refractivity (Wildman–Crippen MR) is 94.7 cm³/mol. The first-order valence-electron chi connectivity index (χ1n) is 8.83. The van der Waals surface area contributed by atoms with Gasteiger partial charge in [-0.25, -0.2) is 0 Å². The summed E-state index contributed by atoms with van der Waals surface area (Å²) in [5, 5.41) is 9.93. The van der Waals surface area contributed by atoms with Crippen molar-refractivity contribution in [3.63, 3.8) is 0 Å². The quantitative estimate of drug-likeness (QED) is 0.929. The summed E-state index contributed by atoms with van der Waals surface area (Å²) in [6.07, 6.45) is 2.39. The monoisotopic (exact) mass is 323 g/mol. The number of phenols is 1. The molecular formula is C21H25NO2. The number of hydrogen-bond acceptors (Lipinski definition) is 3. The van der Waals surface area contributed by atoms with E-state index in [0.29, 0.717) is 17.6 Å². The zero-order valence-corrected chi connectivity index (χ0v) is 14.2. The summed E-state index contributed by atoms with van der Waals surface area (Å²) in [6.45, 7) is 3.11. The molecule has 2 bridgehead atoms. The topological polar surface area (TPSA) is 32.7 Å². The van der Waals surface area contributed by atoms with Crippen LogP contribution in [-0.4, -0.2) is 30.2 Å². The maximum absolute atomic E-state index is 9.93. The highest BCUT2D eigenvalue weighted by Gasteiger charge is 2.55. The normalized spacial score (nSPS) is 29.7. The van der Waals surface area contributed by atoms with E-state index in [1.165, 1.54) is 18.4 Å². The molecule has 1 N–H and O–H groups in total. The Morgan fingerprint density at radius 1 is 1.04 bits per heavy atom. The number of piperidine rings is 1. The van der Waals surface area contributed by atoms with Crippen molar-refractivity contribution in [1.29, 1.82) is 0 Å². The van der Waals surface area contributed by atoms with Gasteiger partial charge in [0.25, 0.3) is 0 Å². The van der Waals surface area contributed by atoms with Crippen molar-refractivity contribution in [1.82, 2.24) is 4.90 Å². The van der Waals surface area contributed by atoms with Crippen molar-refractivity contribution in [2.24, 2.45) is 11.8 Å². The van der Waals surface area contributed by atoms with Gasteiger partial charge in [0.15, 0.2) is 0 Å². The van der Waals surface area contributed by atoms with E-state index in [-0.39, 0.29) is 5.60 Å². The molecule has 2 unspecified atom stereocenters. The zero-order valence-electron chi connectivity index (χ0n) is 14.2. The van der Waals surface area contributed by atoms with Gasteiger partial charge in [-0.3, -0.25) is 4.90 Å². The van der Waals surface area contributed by atoms with Gasteiger partial charge >= 0.3 is 0 Å². The van der Waals surface area contributed by atoms with Crippen LogP contribution in [0.4, 0.5) is 0 Å². The SMILES string of the molecule is COC1(c2cccc(O)c2)C2CCC1CN(Cc1ccccc1)C2. The molecule has 3 nitrogen and oxygen atoms in total. The molecule has 1 aliphatic heterocycles. The highest BCUT2D eigenvalue weighted by Crippen LogP contribution is 2.54. The minimum Gasteiger partial charge on any atom is -0.508 e. The number of rotatable bonds is 4. The second kappa shape index (κ2) is 6.23. The Kier molecular flexibility index (Phi) is 4.07. The molecule has 1 saturated heterocycles. The second-order valence-corrected chi connectivity index (χ2v) is 7.20. The number of likely N-dealkylation sites (tertiary alicyclic amines) is 1. The largest absolute Gasteiger partial charge is 0.508 e. The minimum absolute atomic E-state index is 0.244. The molecule has 2 atom stereocenters. The standard InChI is InChI=1S/C21H25NO2/c1-24-21(17-8-5-9-20(23)12-17)18-10-11-19(21)15-22(14-18)13-16-6-3-2-4-7-16/h2-9,12,18-19,23H,10-11,13-15H2,1H3. The van der Waals surface area contributed by atoms with Gasteiger partial charge in [0, 0.05) is 38.6 Å². The zero-order chi connectivity index (χ0) is 16.6. The van der Waals surface area contributed by atoms with Crippen molar-refractivity contribution >= 4 is 0 Å². The number of benzene rings is 2. The Hall–Kier alpha value is -1.84. The van der Waals surface area contributed by atoms with Crippen molar-refractivity contribution in [2.45, 2.75) is 25.0 Å².